The zero-order valence-electron chi connectivity index (χ0n) is 12.8. The van der Waals surface area contributed by atoms with E-state index < -0.39 is 24.3 Å². The van der Waals surface area contributed by atoms with Gasteiger partial charge in [-0.05, 0) is 30.3 Å². The van der Waals surface area contributed by atoms with E-state index in [2.05, 4.69) is 10.6 Å². The summed E-state index contributed by atoms with van der Waals surface area (Å²) in [5, 5.41) is 13.4. The van der Waals surface area contributed by atoms with Crippen molar-refractivity contribution in [1.29, 1.82) is 0 Å². The van der Waals surface area contributed by atoms with Crippen LogP contribution in [0.25, 0.3) is 0 Å². The summed E-state index contributed by atoms with van der Waals surface area (Å²) in [5.74, 6) is -2.05. The van der Waals surface area contributed by atoms with Crippen molar-refractivity contribution in [2.45, 2.75) is 0 Å². The number of aromatic nitrogens is 1. The van der Waals surface area contributed by atoms with Gasteiger partial charge in [0.15, 0.2) is 0 Å². The van der Waals surface area contributed by atoms with Crippen LogP contribution in [0.15, 0.2) is 47.4 Å². The van der Waals surface area contributed by atoms with Crippen LogP contribution in [-0.2, 0) is 11.8 Å². The summed E-state index contributed by atoms with van der Waals surface area (Å²) in [5.41, 5.74) is 0.837. The summed E-state index contributed by atoms with van der Waals surface area (Å²) in [4.78, 5) is 45.5. The molecular formula is C16H15N3O5. The Labute approximate surface area is 136 Å². The molecule has 0 radical (unpaired) electrons. The number of carbonyl (C=O) groups excluding carboxylic acids is 2. The fraction of sp³-hybridized carbons (Fsp3) is 0.125. The summed E-state index contributed by atoms with van der Waals surface area (Å²) < 4.78 is 1.30. The van der Waals surface area contributed by atoms with Gasteiger partial charge >= 0.3 is 5.97 Å². The molecule has 1 aromatic heterocycles. The highest BCUT2D eigenvalue weighted by molar-refractivity contribution is 6.04. The van der Waals surface area contributed by atoms with Crippen molar-refractivity contribution in [3.8, 4) is 0 Å². The smallest absolute Gasteiger partial charge is 0.322 e. The van der Waals surface area contributed by atoms with E-state index in [0.29, 0.717) is 11.3 Å². The molecule has 0 fully saturated rings. The number of rotatable bonds is 5. The van der Waals surface area contributed by atoms with Crippen molar-refractivity contribution in [2.75, 3.05) is 11.9 Å². The van der Waals surface area contributed by atoms with Crippen molar-refractivity contribution >= 4 is 23.5 Å². The minimum absolute atomic E-state index is 0.219. The maximum Gasteiger partial charge on any atom is 0.322 e. The highest BCUT2D eigenvalue weighted by Gasteiger charge is 2.09. The van der Waals surface area contributed by atoms with E-state index in [4.69, 9.17) is 5.11 Å². The third kappa shape index (κ3) is 4.29. The molecule has 0 saturated carbocycles. The molecule has 1 aromatic carbocycles. The van der Waals surface area contributed by atoms with Crippen LogP contribution in [0, 0.1) is 0 Å². The van der Waals surface area contributed by atoms with E-state index in [1.54, 1.807) is 7.05 Å². The molecule has 24 heavy (non-hydrogen) atoms. The summed E-state index contributed by atoms with van der Waals surface area (Å²) in [7, 11) is 1.55. The lowest BCUT2D eigenvalue weighted by atomic mass is 10.2. The Morgan fingerprint density at radius 2 is 1.62 bits per heavy atom. The van der Waals surface area contributed by atoms with E-state index >= 15 is 0 Å². The zero-order valence-corrected chi connectivity index (χ0v) is 12.8. The Morgan fingerprint density at radius 3 is 2.21 bits per heavy atom. The topological polar surface area (TPSA) is 118 Å². The first-order valence-electron chi connectivity index (χ1n) is 6.95. The molecule has 8 heteroatoms. The number of aliphatic carboxylic acids is 1. The Balaban J connectivity index is 2.04. The van der Waals surface area contributed by atoms with Gasteiger partial charge in [-0.25, -0.2) is 0 Å². The number of carboxylic acid groups (broad SMARTS) is 1. The Bertz CT molecular complexity index is 840. The summed E-state index contributed by atoms with van der Waals surface area (Å²) in [6.07, 6.45) is 1.42. The molecule has 0 spiro atoms. The molecule has 0 aliphatic carbocycles. The highest BCUT2D eigenvalue weighted by atomic mass is 16.4. The number of hydrogen-bond donors (Lipinski definition) is 3. The van der Waals surface area contributed by atoms with Gasteiger partial charge in [0.2, 0.25) is 5.56 Å². The van der Waals surface area contributed by atoms with Gasteiger partial charge in [-0.15, -0.1) is 0 Å². The number of carboxylic acids is 1. The number of benzene rings is 1. The molecule has 2 aromatic rings. The van der Waals surface area contributed by atoms with Gasteiger partial charge in [0, 0.05) is 30.6 Å². The lowest BCUT2D eigenvalue weighted by Crippen LogP contribution is -2.29. The van der Waals surface area contributed by atoms with Crippen LogP contribution in [0.3, 0.4) is 0 Å². The number of nitrogens with one attached hydrogen (secondary N) is 2. The van der Waals surface area contributed by atoms with E-state index in [0.717, 1.165) is 0 Å². The molecular weight excluding hydrogens is 314 g/mol. The van der Waals surface area contributed by atoms with Crippen molar-refractivity contribution in [1.82, 2.24) is 9.88 Å². The van der Waals surface area contributed by atoms with E-state index in [-0.39, 0.29) is 11.1 Å². The SMILES string of the molecule is Cn1cc(C(=O)Nc2ccc(C(=O)NCC(=O)O)cc2)ccc1=O. The maximum absolute atomic E-state index is 12.1. The number of pyridine rings is 1. The first-order chi connectivity index (χ1) is 11.4. The monoisotopic (exact) mass is 329 g/mol. The van der Waals surface area contributed by atoms with Crippen LogP contribution >= 0.6 is 0 Å². The van der Waals surface area contributed by atoms with Gasteiger partial charge < -0.3 is 20.3 Å². The number of amides is 2. The number of nitrogens with zero attached hydrogens (tertiary/aromatic N) is 1. The maximum atomic E-state index is 12.1. The third-order valence-corrected chi connectivity index (χ3v) is 3.15. The molecule has 0 bridgehead atoms. The summed E-state index contributed by atoms with van der Waals surface area (Å²) in [6.45, 7) is -0.468. The molecule has 124 valence electrons. The minimum Gasteiger partial charge on any atom is -0.480 e. The Morgan fingerprint density at radius 1 is 1.00 bits per heavy atom. The number of aryl methyl sites for hydroxylation is 1. The molecule has 8 nitrogen and oxygen atoms in total. The van der Waals surface area contributed by atoms with Gasteiger partial charge in [-0.2, -0.15) is 0 Å². The van der Waals surface area contributed by atoms with Crippen molar-refractivity contribution in [3.63, 3.8) is 0 Å². The molecule has 3 N–H and O–H groups in total. The Hall–Kier alpha value is -3.42. The van der Waals surface area contributed by atoms with E-state index in [9.17, 15) is 19.2 Å². The summed E-state index contributed by atoms with van der Waals surface area (Å²) >= 11 is 0. The third-order valence-electron chi connectivity index (χ3n) is 3.15. The average molecular weight is 329 g/mol. The molecule has 0 aliphatic rings. The van der Waals surface area contributed by atoms with Crippen LogP contribution in [0.2, 0.25) is 0 Å². The minimum atomic E-state index is -1.13. The number of carbonyl (C=O) groups is 3. The van der Waals surface area contributed by atoms with Crippen LogP contribution in [0.1, 0.15) is 20.7 Å². The van der Waals surface area contributed by atoms with Gasteiger partial charge in [-0.3, -0.25) is 19.2 Å². The first kappa shape index (κ1) is 16.9. The van der Waals surface area contributed by atoms with Crippen molar-refractivity contribution in [2.24, 2.45) is 7.05 Å². The van der Waals surface area contributed by atoms with E-state index in [1.165, 1.54) is 47.2 Å². The average Bonchev–Trinajstić information content (AvgIpc) is 2.55. The predicted molar refractivity (Wildman–Crippen MR) is 86.0 cm³/mol. The number of hydrogen-bond acceptors (Lipinski definition) is 4. The first-order valence-corrected chi connectivity index (χ1v) is 6.95. The number of anilines is 1. The fourth-order valence-electron chi connectivity index (χ4n) is 1.89. The molecule has 1 heterocycles. The van der Waals surface area contributed by atoms with Crippen LogP contribution < -0.4 is 16.2 Å². The molecule has 0 saturated heterocycles. The highest BCUT2D eigenvalue weighted by Crippen LogP contribution is 2.11. The summed E-state index contributed by atoms with van der Waals surface area (Å²) in [6, 6.07) is 8.70. The second-order valence-corrected chi connectivity index (χ2v) is 4.97. The van der Waals surface area contributed by atoms with Gasteiger partial charge in [0.1, 0.15) is 6.54 Å². The molecule has 0 atom stereocenters. The lowest BCUT2D eigenvalue weighted by molar-refractivity contribution is -0.135. The lowest BCUT2D eigenvalue weighted by Gasteiger charge is -2.07. The zero-order chi connectivity index (χ0) is 17.7. The molecule has 2 rings (SSSR count). The van der Waals surface area contributed by atoms with Crippen LogP contribution in [0.5, 0.6) is 0 Å². The van der Waals surface area contributed by atoms with Gasteiger partial charge in [0.05, 0.1) is 5.56 Å². The molecule has 0 aliphatic heterocycles. The predicted octanol–water partition coefficient (Wildman–Crippen LogP) is 0.452. The normalized spacial score (nSPS) is 10.0. The molecule has 0 unspecified atom stereocenters. The fourth-order valence-corrected chi connectivity index (χ4v) is 1.89. The van der Waals surface area contributed by atoms with Gasteiger partial charge in [0.25, 0.3) is 11.8 Å². The van der Waals surface area contributed by atoms with Gasteiger partial charge in [-0.1, -0.05) is 0 Å². The van der Waals surface area contributed by atoms with E-state index in [1.807, 2.05) is 0 Å². The second-order valence-electron chi connectivity index (χ2n) is 4.97. The second kappa shape index (κ2) is 7.23. The standard InChI is InChI=1S/C16H15N3O5/c1-19-9-11(4-7-13(19)20)16(24)18-12-5-2-10(3-6-12)15(23)17-8-14(21)22/h2-7,9H,8H2,1H3,(H,17,23)(H,18,24)(H,21,22). The Kier molecular flexibility index (Phi) is 5.10. The van der Waals surface area contributed by atoms with Crippen LogP contribution in [-0.4, -0.2) is 34.0 Å². The largest absolute Gasteiger partial charge is 0.480 e. The quantitative estimate of drug-likeness (QED) is 0.736. The van der Waals surface area contributed by atoms with Crippen molar-refractivity contribution < 1.29 is 19.5 Å². The molecule has 2 amide bonds. The van der Waals surface area contributed by atoms with Crippen molar-refractivity contribution in [3.05, 3.63) is 64.1 Å². The van der Waals surface area contributed by atoms with Crippen LogP contribution in [0.4, 0.5) is 5.69 Å².